The summed E-state index contributed by atoms with van der Waals surface area (Å²) in [5.74, 6) is 0.0911. The molecule has 5 nitrogen and oxygen atoms in total. The number of isocyanates is 1. The zero-order valence-corrected chi connectivity index (χ0v) is 12.6. The van der Waals surface area contributed by atoms with E-state index in [1.54, 1.807) is 12.1 Å². The molecule has 0 aliphatic carbocycles. The molecule has 0 aromatic heterocycles. The molecule has 1 heterocycles. The highest BCUT2D eigenvalue weighted by molar-refractivity contribution is 5.75. The summed E-state index contributed by atoms with van der Waals surface area (Å²) in [6.07, 6.45) is 2.03. The van der Waals surface area contributed by atoms with Crippen LogP contribution in [-0.4, -0.2) is 24.8 Å². The Bertz CT molecular complexity index is 554. The summed E-state index contributed by atoms with van der Waals surface area (Å²) < 4.78 is 5.47. The Hall–Kier alpha value is -1.97. The van der Waals surface area contributed by atoms with Crippen LogP contribution in [0.1, 0.15) is 38.7 Å². The van der Waals surface area contributed by atoms with Crippen molar-refractivity contribution in [1.82, 2.24) is 5.32 Å². The number of rotatable bonds is 3. The number of ether oxygens (including phenoxy) is 1. The number of hydrogen-bond acceptors (Lipinski definition) is 5. The van der Waals surface area contributed by atoms with E-state index >= 15 is 0 Å². The molecule has 1 aromatic carbocycles. The van der Waals surface area contributed by atoms with Gasteiger partial charge in [-0.15, -0.1) is 0 Å². The van der Waals surface area contributed by atoms with Gasteiger partial charge in [0, 0.05) is 18.9 Å². The van der Waals surface area contributed by atoms with E-state index in [2.05, 4.69) is 10.3 Å². The molecule has 1 fully saturated rings. The van der Waals surface area contributed by atoms with Crippen molar-refractivity contribution >= 4 is 17.7 Å². The standard InChI is InChI=1S/C16H20N2O3/c1-16(2,3)15(20)21-14-8-12(9-17-14)11-4-6-13(7-5-11)18-10-19/h4-7,12,14,17H,8-9H2,1-3H3. The summed E-state index contributed by atoms with van der Waals surface area (Å²) in [5.41, 5.74) is 1.24. The van der Waals surface area contributed by atoms with Gasteiger partial charge in [0.2, 0.25) is 6.08 Å². The lowest BCUT2D eigenvalue weighted by Crippen LogP contribution is -2.33. The molecule has 0 saturated carbocycles. The Morgan fingerprint density at radius 3 is 2.57 bits per heavy atom. The maximum Gasteiger partial charge on any atom is 0.312 e. The highest BCUT2D eigenvalue weighted by Gasteiger charge is 2.31. The lowest BCUT2D eigenvalue weighted by Gasteiger charge is -2.20. The average molecular weight is 288 g/mol. The van der Waals surface area contributed by atoms with Crippen LogP contribution in [0.5, 0.6) is 0 Å². The van der Waals surface area contributed by atoms with Gasteiger partial charge in [-0.25, -0.2) is 4.79 Å². The van der Waals surface area contributed by atoms with Crippen LogP contribution < -0.4 is 5.32 Å². The van der Waals surface area contributed by atoms with Crippen molar-refractivity contribution in [3.05, 3.63) is 29.8 Å². The van der Waals surface area contributed by atoms with Crippen LogP contribution in [0.25, 0.3) is 0 Å². The number of hydrogen-bond donors (Lipinski definition) is 1. The number of carbonyl (C=O) groups is 1. The van der Waals surface area contributed by atoms with Crippen LogP contribution in [0, 0.1) is 5.41 Å². The Balaban J connectivity index is 1.96. The summed E-state index contributed by atoms with van der Waals surface area (Å²) in [6, 6.07) is 7.45. The van der Waals surface area contributed by atoms with E-state index in [1.165, 1.54) is 6.08 Å². The predicted molar refractivity (Wildman–Crippen MR) is 78.9 cm³/mol. The van der Waals surface area contributed by atoms with Crippen LogP contribution in [-0.2, 0) is 14.3 Å². The van der Waals surface area contributed by atoms with Gasteiger partial charge in [0.05, 0.1) is 11.1 Å². The minimum absolute atomic E-state index is 0.198. The number of nitrogens with one attached hydrogen (secondary N) is 1. The number of aliphatic imine (C=N–C) groups is 1. The number of nitrogens with zero attached hydrogens (tertiary/aromatic N) is 1. The molecule has 0 bridgehead atoms. The molecule has 2 rings (SSSR count). The molecule has 2 unspecified atom stereocenters. The zero-order valence-electron chi connectivity index (χ0n) is 12.6. The lowest BCUT2D eigenvalue weighted by molar-refractivity contribution is -0.159. The van der Waals surface area contributed by atoms with E-state index < -0.39 is 5.41 Å². The van der Waals surface area contributed by atoms with Crippen LogP contribution in [0.2, 0.25) is 0 Å². The largest absolute Gasteiger partial charge is 0.446 e. The Morgan fingerprint density at radius 2 is 2.00 bits per heavy atom. The van der Waals surface area contributed by atoms with Gasteiger partial charge in [0.25, 0.3) is 0 Å². The van der Waals surface area contributed by atoms with Crippen LogP contribution in [0.3, 0.4) is 0 Å². The minimum atomic E-state index is -0.492. The third-order valence-corrected chi connectivity index (χ3v) is 3.49. The lowest BCUT2D eigenvalue weighted by atomic mass is 9.96. The molecule has 1 aromatic rings. The molecule has 1 N–H and O–H groups in total. The van der Waals surface area contributed by atoms with Crippen LogP contribution >= 0.6 is 0 Å². The molecule has 1 aliphatic heterocycles. The Morgan fingerprint density at radius 1 is 1.33 bits per heavy atom. The molecule has 1 aliphatic rings. The van der Waals surface area contributed by atoms with Gasteiger partial charge in [0.1, 0.15) is 0 Å². The highest BCUT2D eigenvalue weighted by atomic mass is 16.6. The van der Waals surface area contributed by atoms with Crippen molar-refractivity contribution in [1.29, 1.82) is 0 Å². The second kappa shape index (κ2) is 6.20. The van der Waals surface area contributed by atoms with E-state index in [0.29, 0.717) is 5.69 Å². The molecule has 0 spiro atoms. The first kappa shape index (κ1) is 15.4. The van der Waals surface area contributed by atoms with Gasteiger partial charge < -0.3 is 4.74 Å². The summed E-state index contributed by atoms with van der Waals surface area (Å²) in [7, 11) is 0. The monoisotopic (exact) mass is 288 g/mol. The van der Waals surface area contributed by atoms with E-state index in [0.717, 1.165) is 18.5 Å². The highest BCUT2D eigenvalue weighted by Crippen LogP contribution is 2.28. The molecule has 0 radical (unpaired) electrons. The van der Waals surface area contributed by atoms with E-state index in [-0.39, 0.29) is 18.1 Å². The molecule has 1 saturated heterocycles. The molecule has 2 atom stereocenters. The molecule has 112 valence electrons. The number of carbonyl (C=O) groups excluding carboxylic acids is 2. The fourth-order valence-electron chi connectivity index (χ4n) is 2.22. The van der Waals surface area contributed by atoms with Crippen LogP contribution in [0.15, 0.2) is 29.3 Å². The Labute approximate surface area is 124 Å². The maximum atomic E-state index is 11.9. The second-order valence-corrected chi connectivity index (χ2v) is 6.28. The molecular weight excluding hydrogens is 268 g/mol. The van der Waals surface area contributed by atoms with E-state index in [4.69, 9.17) is 4.74 Å². The summed E-state index contributed by atoms with van der Waals surface area (Å²) in [4.78, 5) is 25.6. The number of esters is 1. The first-order chi connectivity index (χ1) is 9.90. The first-order valence-electron chi connectivity index (χ1n) is 7.02. The summed E-state index contributed by atoms with van der Waals surface area (Å²) in [5, 5.41) is 3.22. The van der Waals surface area contributed by atoms with Gasteiger partial charge in [-0.05, 0) is 38.5 Å². The summed E-state index contributed by atoms with van der Waals surface area (Å²) in [6.45, 7) is 6.29. The maximum absolute atomic E-state index is 11.9. The molecular formula is C16H20N2O3. The van der Waals surface area contributed by atoms with Crippen molar-refractivity contribution in [2.45, 2.75) is 39.3 Å². The van der Waals surface area contributed by atoms with Crippen molar-refractivity contribution < 1.29 is 14.3 Å². The molecule has 5 heteroatoms. The topological polar surface area (TPSA) is 67.8 Å². The average Bonchev–Trinajstić information content (AvgIpc) is 2.87. The number of benzene rings is 1. The van der Waals surface area contributed by atoms with Gasteiger partial charge in [-0.2, -0.15) is 4.99 Å². The fraction of sp³-hybridized carbons (Fsp3) is 0.500. The molecule has 21 heavy (non-hydrogen) atoms. The SMILES string of the molecule is CC(C)(C)C(=O)OC1CC(c2ccc(N=C=O)cc2)CN1. The Kier molecular flexibility index (Phi) is 4.56. The van der Waals surface area contributed by atoms with Crippen molar-refractivity contribution in [3.8, 4) is 0 Å². The normalized spacial score (nSPS) is 21.7. The van der Waals surface area contributed by atoms with E-state index in [9.17, 15) is 9.59 Å². The second-order valence-electron chi connectivity index (χ2n) is 6.28. The van der Waals surface area contributed by atoms with Gasteiger partial charge in [0.15, 0.2) is 6.23 Å². The van der Waals surface area contributed by atoms with Crippen LogP contribution in [0.4, 0.5) is 5.69 Å². The third-order valence-electron chi connectivity index (χ3n) is 3.49. The van der Waals surface area contributed by atoms with Crippen molar-refractivity contribution in [2.75, 3.05) is 6.54 Å². The quantitative estimate of drug-likeness (QED) is 0.527. The predicted octanol–water partition coefficient (Wildman–Crippen LogP) is 2.65. The van der Waals surface area contributed by atoms with Crippen molar-refractivity contribution in [3.63, 3.8) is 0 Å². The van der Waals surface area contributed by atoms with Crippen molar-refractivity contribution in [2.24, 2.45) is 10.4 Å². The third kappa shape index (κ3) is 4.00. The summed E-state index contributed by atoms with van der Waals surface area (Å²) >= 11 is 0. The molecule has 0 amide bonds. The van der Waals surface area contributed by atoms with Gasteiger partial charge in [-0.3, -0.25) is 10.1 Å². The smallest absolute Gasteiger partial charge is 0.312 e. The van der Waals surface area contributed by atoms with Gasteiger partial charge in [-0.1, -0.05) is 12.1 Å². The van der Waals surface area contributed by atoms with Gasteiger partial charge >= 0.3 is 5.97 Å². The first-order valence-corrected chi connectivity index (χ1v) is 7.02. The zero-order chi connectivity index (χ0) is 15.5. The fourth-order valence-corrected chi connectivity index (χ4v) is 2.22. The minimum Gasteiger partial charge on any atom is -0.446 e. The van der Waals surface area contributed by atoms with E-state index in [1.807, 2.05) is 32.9 Å².